The van der Waals surface area contributed by atoms with Gasteiger partial charge in [-0.25, -0.2) is 0 Å². The van der Waals surface area contributed by atoms with E-state index in [9.17, 15) is 0 Å². The molecule has 180 valence electrons. The number of fused-ring (bicyclic) bond motifs is 1. The van der Waals surface area contributed by atoms with Gasteiger partial charge in [-0.1, -0.05) is 6.07 Å². The normalized spacial score (nSPS) is 13.3. The molecule has 0 radical (unpaired) electrons. The summed E-state index contributed by atoms with van der Waals surface area (Å²) in [5.41, 5.74) is 13.4. The van der Waals surface area contributed by atoms with Crippen LogP contribution in [0.2, 0.25) is 0 Å². The van der Waals surface area contributed by atoms with Crippen molar-refractivity contribution in [3.05, 3.63) is 95.6 Å². The van der Waals surface area contributed by atoms with Gasteiger partial charge in [-0.2, -0.15) is 20.2 Å². The van der Waals surface area contributed by atoms with E-state index in [1.807, 2.05) is 38.1 Å². The number of nitrogens with zero attached hydrogens (tertiary/aromatic N) is 6. The molecule has 0 fully saturated rings. The SMILES string of the molecule is CC(=NNc1cc(NN=C(C)c2ccncc2)nc(Nc2ccc3c(c2)CCC3)n1)c1ccncc1. The topological polar surface area (TPSA) is 112 Å². The van der Waals surface area contributed by atoms with E-state index >= 15 is 0 Å². The average Bonchev–Trinajstić information content (AvgIpc) is 3.39. The number of nitrogens with one attached hydrogen (secondary N) is 3. The molecule has 3 aromatic heterocycles. The highest BCUT2D eigenvalue weighted by atomic mass is 15.4. The smallest absolute Gasteiger partial charge is 0.231 e. The summed E-state index contributed by atoms with van der Waals surface area (Å²) in [5, 5.41) is 12.3. The number of pyridine rings is 2. The minimum Gasteiger partial charge on any atom is -0.324 e. The maximum absolute atomic E-state index is 4.62. The highest BCUT2D eigenvalue weighted by Gasteiger charge is 2.12. The Morgan fingerprint density at radius 3 is 1.83 bits per heavy atom. The van der Waals surface area contributed by atoms with Crippen molar-refractivity contribution < 1.29 is 0 Å². The molecule has 3 heterocycles. The Hall–Kier alpha value is -4.66. The first kappa shape index (κ1) is 23.1. The van der Waals surface area contributed by atoms with Crippen molar-refractivity contribution in [3.63, 3.8) is 0 Å². The molecule has 1 aliphatic rings. The molecule has 9 nitrogen and oxygen atoms in total. The van der Waals surface area contributed by atoms with Crippen LogP contribution in [0.5, 0.6) is 0 Å². The zero-order valence-electron chi connectivity index (χ0n) is 20.2. The molecule has 0 amide bonds. The number of hydrogen-bond acceptors (Lipinski definition) is 9. The molecular formula is C27H27N9. The third kappa shape index (κ3) is 5.69. The zero-order chi connectivity index (χ0) is 24.7. The first-order valence-corrected chi connectivity index (χ1v) is 11.8. The fourth-order valence-electron chi connectivity index (χ4n) is 3.99. The third-order valence-corrected chi connectivity index (χ3v) is 5.95. The van der Waals surface area contributed by atoms with Crippen molar-refractivity contribution in [2.75, 3.05) is 16.2 Å². The number of aryl methyl sites for hydroxylation is 2. The second kappa shape index (κ2) is 10.7. The van der Waals surface area contributed by atoms with Crippen LogP contribution in [-0.2, 0) is 12.8 Å². The lowest BCUT2D eigenvalue weighted by atomic mass is 10.1. The number of hydrogen-bond donors (Lipinski definition) is 3. The Labute approximate surface area is 209 Å². The quantitative estimate of drug-likeness (QED) is 0.237. The molecule has 0 saturated heterocycles. The fourth-order valence-corrected chi connectivity index (χ4v) is 3.99. The summed E-state index contributed by atoms with van der Waals surface area (Å²) in [6.07, 6.45) is 10.4. The minimum atomic E-state index is 0.439. The largest absolute Gasteiger partial charge is 0.324 e. The molecule has 36 heavy (non-hydrogen) atoms. The molecule has 0 aliphatic heterocycles. The Balaban J connectivity index is 1.41. The summed E-state index contributed by atoms with van der Waals surface area (Å²) < 4.78 is 0. The van der Waals surface area contributed by atoms with E-state index in [0.29, 0.717) is 17.6 Å². The number of benzene rings is 1. The lowest BCUT2D eigenvalue weighted by Crippen LogP contribution is -2.07. The van der Waals surface area contributed by atoms with Crippen LogP contribution in [0, 0.1) is 0 Å². The van der Waals surface area contributed by atoms with Crippen LogP contribution in [-0.4, -0.2) is 31.4 Å². The standard InChI is InChI=1S/C27H27N9/c1-18(20-8-12-28-13-9-20)33-35-25-17-26(36-34-19(2)21-10-14-29-15-11-21)32-27(31-25)30-24-7-6-22-4-3-5-23(22)16-24/h6-17H,3-5H2,1-2H3,(H3,30,31,32,35,36). The average molecular weight is 478 g/mol. The Bertz CT molecular complexity index is 1320. The van der Waals surface area contributed by atoms with Crippen LogP contribution in [0.3, 0.4) is 0 Å². The van der Waals surface area contributed by atoms with Crippen LogP contribution < -0.4 is 16.2 Å². The summed E-state index contributed by atoms with van der Waals surface area (Å²) in [5.74, 6) is 1.50. The lowest BCUT2D eigenvalue weighted by molar-refractivity contribution is 0.912. The monoisotopic (exact) mass is 477 g/mol. The van der Waals surface area contributed by atoms with Gasteiger partial charge >= 0.3 is 0 Å². The third-order valence-electron chi connectivity index (χ3n) is 5.95. The van der Waals surface area contributed by atoms with E-state index in [2.05, 4.69) is 64.5 Å². The summed E-state index contributed by atoms with van der Waals surface area (Å²) >= 11 is 0. The van der Waals surface area contributed by atoms with Gasteiger partial charge in [-0.05, 0) is 80.6 Å². The van der Waals surface area contributed by atoms with Crippen LogP contribution >= 0.6 is 0 Å². The van der Waals surface area contributed by atoms with Crippen molar-refractivity contribution >= 4 is 34.7 Å². The molecule has 0 unspecified atom stereocenters. The summed E-state index contributed by atoms with van der Waals surface area (Å²) in [7, 11) is 0. The number of rotatable bonds is 8. The second-order valence-corrected chi connectivity index (χ2v) is 8.51. The van der Waals surface area contributed by atoms with E-state index < -0.39 is 0 Å². The van der Waals surface area contributed by atoms with Gasteiger partial charge in [0.25, 0.3) is 0 Å². The van der Waals surface area contributed by atoms with E-state index in [-0.39, 0.29) is 0 Å². The fraction of sp³-hybridized carbons (Fsp3) is 0.185. The number of anilines is 4. The highest BCUT2D eigenvalue weighted by molar-refractivity contribution is 5.99. The van der Waals surface area contributed by atoms with E-state index in [1.165, 1.54) is 17.5 Å². The predicted molar refractivity (Wildman–Crippen MR) is 144 cm³/mol. The van der Waals surface area contributed by atoms with Crippen LogP contribution in [0.4, 0.5) is 23.3 Å². The van der Waals surface area contributed by atoms with Gasteiger partial charge in [0.15, 0.2) is 11.6 Å². The summed E-state index contributed by atoms with van der Waals surface area (Å²) in [6.45, 7) is 3.85. The van der Waals surface area contributed by atoms with Crippen LogP contribution in [0.1, 0.15) is 42.5 Å². The first-order valence-electron chi connectivity index (χ1n) is 11.8. The highest BCUT2D eigenvalue weighted by Crippen LogP contribution is 2.26. The first-order chi connectivity index (χ1) is 17.6. The van der Waals surface area contributed by atoms with Crippen LogP contribution in [0.25, 0.3) is 0 Å². The minimum absolute atomic E-state index is 0.439. The molecule has 5 rings (SSSR count). The molecule has 0 spiro atoms. The summed E-state index contributed by atoms with van der Waals surface area (Å²) in [6, 6.07) is 15.8. The zero-order valence-corrected chi connectivity index (χ0v) is 20.2. The van der Waals surface area contributed by atoms with Gasteiger partial charge in [-0.15, -0.1) is 0 Å². The Morgan fingerprint density at radius 1 is 0.694 bits per heavy atom. The van der Waals surface area contributed by atoms with E-state index in [0.717, 1.165) is 41.1 Å². The van der Waals surface area contributed by atoms with Crippen molar-refractivity contribution in [1.29, 1.82) is 0 Å². The molecule has 0 atom stereocenters. The maximum Gasteiger partial charge on any atom is 0.231 e. The van der Waals surface area contributed by atoms with Gasteiger partial charge in [-0.3, -0.25) is 20.8 Å². The van der Waals surface area contributed by atoms with Gasteiger partial charge in [0.2, 0.25) is 5.95 Å². The molecule has 0 bridgehead atoms. The molecule has 1 aliphatic carbocycles. The lowest BCUT2D eigenvalue weighted by Gasteiger charge is -2.11. The van der Waals surface area contributed by atoms with Crippen molar-refractivity contribution in [3.8, 4) is 0 Å². The molecule has 3 N–H and O–H groups in total. The maximum atomic E-state index is 4.62. The van der Waals surface area contributed by atoms with E-state index in [1.54, 1.807) is 30.9 Å². The molecule has 0 saturated carbocycles. The summed E-state index contributed by atoms with van der Waals surface area (Å²) in [4.78, 5) is 17.4. The molecule has 9 heteroatoms. The van der Waals surface area contributed by atoms with E-state index in [4.69, 9.17) is 0 Å². The predicted octanol–water partition coefficient (Wildman–Crippen LogP) is 5.17. The van der Waals surface area contributed by atoms with Crippen molar-refractivity contribution in [2.24, 2.45) is 10.2 Å². The van der Waals surface area contributed by atoms with Gasteiger partial charge < -0.3 is 5.32 Å². The molecule has 4 aromatic rings. The number of hydrazone groups is 2. The van der Waals surface area contributed by atoms with Crippen molar-refractivity contribution in [1.82, 2.24) is 19.9 Å². The molecule has 1 aromatic carbocycles. The second-order valence-electron chi connectivity index (χ2n) is 8.51. The molecular weight excluding hydrogens is 450 g/mol. The van der Waals surface area contributed by atoms with Gasteiger partial charge in [0, 0.05) is 47.7 Å². The number of aromatic nitrogens is 4. The Morgan fingerprint density at radius 2 is 1.25 bits per heavy atom. The van der Waals surface area contributed by atoms with Crippen LogP contribution in [0.15, 0.2) is 83.5 Å². The van der Waals surface area contributed by atoms with Gasteiger partial charge in [0.05, 0.1) is 11.4 Å². The Kier molecular flexibility index (Phi) is 6.88. The van der Waals surface area contributed by atoms with Crippen molar-refractivity contribution in [2.45, 2.75) is 33.1 Å². The van der Waals surface area contributed by atoms with Gasteiger partial charge in [0.1, 0.15) is 0 Å².